The Balaban J connectivity index is 1.58. The fraction of sp³-hybridized carbons (Fsp3) is 0.550. The van der Waals surface area contributed by atoms with Gasteiger partial charge in [-0.1, -0.05) is 6.42 Å². The topological polar surface area (TPSA) is 76.6 Å². The van der Waals surface area contributed by atoms with Gasteiger partial charge in [0.15, 0.2) is 11.5 Å². The maximum absolute atomic E-state index is 12.3. The number of hydrogen-bond acceptors (Lipinski definition) is 6. The van der Waals surface area contributed by atoms with Gasteiger partial charge in [0, 0.05) is 36.5 Å². The standard InChI is InChI=1S/C20H26N4O3/c1-26-17-9-15-16(10-18(17)27-2)21-12-22-19(15)24-8-4-7-14(11-24)23-20(25)13-5-3-6-13/h9-10,12-14H,3-8,11H2,1-2H3,(H,23,25). The predicted octanol–water partition coefficient (Wildman–Crippen LogP) is 2.53. The number of ether oxygens (including phenoxy) is 2. The summed E-state index contributed by atoms with van der Waals surface area (Å²) in [6.07, 6.45) is 6.84. The average molecular weight is 370 g/mol. The zero-order chi connectivity index (χ0) is 18.8. The van der Waals surface area contributed by atoms with Crippen LogP contribution in [0.15, 0.2) is 18.5 Å². The van der Waals surface area contributed by atoms with E-state index in [-0.39, 0.29) is 17.9 Å². The van der Waals surface area contributed by atoms with E-state index < -0.39 is 0 Å². The molecule has 1 saturated carbocycles. The van der Waals surface area contributed by atoms with Gasteiger partial charge in [0.25, 0.3) is 0 Å². The van der Waals surface area contributed by atoms with Gasteiger partial charge in [-0.15, -0.1) is 0 Å². The molecule has 1 saturated heterocycles. The lowest BCUT2D eigenvalue weighted by Crippen LogP contribution is -2.50. The van der Waals surface area contributed by atoms with Crippen molar-refractivity contribution < 1.29 is 14.3 Å². The Bertz CT molecular complexity index is 837. The van der Waals surface area contributed by atoms with Crippen LogP contribution < -0.4 is 19.7 Å². The third-order valence-electron chi connectivity index (χ3n) is 5.66. The van der Waals surface area contributed by atoms with E-state index in [9.17, 15) is 4.79 Å². The van der Waals surface area contributed by atoms with Crippen LogP contribution in [0.25, 0.3) is 10.9 Å². The summed E-state index contributed by atoms with van der Waals surface area (Å²) in [6.45, 7) is 1.68. The van der Waals surface area contributed by atoms with Gasteiger partial charge in [0.1, 0.15) is 12.1 Å². The van der Waals surface area contributed by atoms with Gasteiger partial charge in [-0.05, 0) is 31.7 Å². The van der Waals surface area contributed by atoms with Gasteiger partial charge < -0.3 is 19.7 Å². The van der Waals surface area contributed by atoms with Crippen LogP contribution in [0.5, 0.6) is 11.5 Å². The normalized spacial score (nSPS) is 20.2. The molecule has 0 radical (unpaired) electrons. The molecule has 1 N–H and O–H groups in total. The Morgan fingerprint density at radius 1 is 1.11 bits per heavy atom. The quantitative estimate of drug-likeness (QED) is 0.872. The smallest absolute Gasteiger partial charge is 0.223 e. The summed E-state index contributed by atoms with van der Waals surface area (Å²) in [5, 5.41) is 4.17. The lowest BCUT2D eigenvalue weighted by Gasteiger charge is -2.36. The summed E-state index contributed by atoms with van der Waals surface area (Å²) in [4.78, 5) is 23.5. The van der Waals surface area contributed by atoms with E-state index in [0.29, 0.717) is 11.5 Å². The largest absolute Gasteiger partial charge is 0.493 e. The number of carbonyl (C=O) groups excluding carboxylic acids is 1. The number of anilines is 1. The summed E-state index contributed by atoms with van der Waals surface area (Å²) >= 11 is 0. The second-order valence-corrected chi connectivity index (χ2v) is 7.34. The Labute approximate surface area is 159 Å². The van der Waals surface area contributed by atoms with Crippen LogP contribution in [0.3, 0.4) is 0 Å². The first-order chi connectivity index (χ1) is 13.2. The number of nitrogens with zero attached hydrogens (tertiary/aromatic N) is 3. The van der Waals surface area contributed by atoms with Gasteiger partial charge >= 0.3 is 0 Å². The van der Waals surface area contributed by atoms with Gasteiger partial charge in [0.05, 0.1) is 19.7 Å². The highest BCUT2D eigenvalue weighted by molar-refractivity contribution is 5.92. The SMILES string of the molecule is COc1cc2ncnc(N3CCCC(NC(=O)C4CCC4)C3)c2cc1OC. The van der Waals surface area contributed by atoms with Crippen LogP contribution in [0.2, 0.25) is 0 Å². The molecule has 0 bridgehead atoms. The molecule has 1 atom stereocenters. The number of methoxy groups -OCH3 is 2. The van der Waals surface area contributed by atoms with E-state index >= 15 is 0 Å². The summed E-state index contributed by atoms with van der Waals surface area (Å²) < 4.78 is 10.8. The summed E-state index contributed by atoms with van der Waals surface area (Å²) in [5.41, 5.74) is 0.818. The minimum absolute atomic E-state index is 0.164. The molecule has 1 aliphatic carbocycles. The Hall–Kier alpha value is -2.57. The maximum Gasteiger partial charge on any atom is 0.223 e. The van der Waals surface area contributed by atoms with E-state index in [2.05, 4.69) is 20.2 Å². The third-order valence-corrected chi connectivity index (χ3v) is 5.66. The number of fused-ring (bicyclic) bond motifs is 1. The minimum atomic E-state index is 0.164. The maximum atomic E-state index is 12.3. The van der Waals surface area contributed by atoms with Crippen molar-refractivity contribution in [1.82, 2.24) is 15.3 Å². The minimum Gasteiger partial charge on any atom is -0.493 e. The molecule has 4 rings (SSSR count). The molecular weight excluding hydrogens is 344 g/mol. The van der Waals surface area contributed by atoms with Gasteiger partial charge in [-0.3, -0.25) is 4.79 Å². The molecule has 144 valence electrons. The van der Waals surface area contributed by atoms with Crippen molar-refractivity contribution in [3.63, 3.8) is 0 Å². The summed E-state index contributed by atoms with van der Waals surface area (Å²) in [7, 11) is 3.24. The van der Waals surface area contributed by atoms with E-state index in [4.69, 9.17) is 9.47 Å². The molecule has 7 nitrogen and oxygen atoms in total. The van der Waals surface area contributed by atoms with Crippen LogP contribution in [0, 0.1) is 5.92 Å². The van der Waals surface area contributed by atoms with Crippen molar-refractivity contribution in [3.05, 3.63) is 18.5 Å². The molecule has 1 amide bonds. The Morgan fingerprint density at radius 2 is 1.89 bits per heavy atom. The van der Waals surface area contributed by atoms with Crippen LogP contribution in [-0.2, 0) is 4.79 Å². The fourth-order valence-corrected chi connectivity index (χ4v) is 3.90. The van der Waals surface area contributed by atoms with Crippen molar-refractivity contribution in [2.75, 3.05) is 32.2 Å². The number of rotatable bonds is 5. The number of hydrogen-bond donors (Lipinski definition) is 1. The molecule has 2 aromatic rings. The van der Waals surface area contributed by atoms with Crippen LogP contribution in [-0.4, -0.2) is 49.2 Å². The van der Waals surface area contributed by atoms with Crippen LogP contribution in [0.1, 0.15) is 32.1 Å². The molecule has 2 aliphatic rings. The highest BCUT2D eigenvalue weighted by Gasteiger charge is 2.29. The number of amides is 1. The van der Waals surface area contributed by atoms with Gasteiger partial charge in [-0.25, -0.2) is 9.97 Å². The van der Waals surface area contributed by atoms with Crippen molar-refractivity contribution >= 4 is 22.6 Å². The number of nitrogens with one attached hydrogen (secondary N) is 1. The van der Waals surface area contributed by atoms with Gasteiger partial charge in [0.2, 0.25) is 5.91 Å². The van der Waals surface area contributed by atoms with Gasteiger partial charge in [-0.2, -0.15) is 0 Å². The van der Waals surface area contributed by atoms with Crippen molar-refractivity contribution in [1.29, 1.82) is 0 Å². The first-order valence-electron chi connectivity index (χ1n) is 9.61. The van der Waals surface area contributed by atoms with Crippen LogP contribution >= 0.6 is 0 Å². The molecule has 1 aliphatic heterocycles. The molecule has 27 heavy (non-hydrogen) atoms. The predicted molar refractivity (Wildman–Crippen MR) is 103 cm³/mol. The molecule has 2 fully saturated rings. The molecule has 2 heterocycles. The van der Waals surface area contributed by atoms with E-state index in [1.807, 2.05) is 12.1 Å². The number of piperidine rings is 1. The van der Waals surface area contributed by atoms with E-state index in [1.165, 1.54) is 6.42 Å². The second-order valence-electron chi connectivity index (χ2n) is 7.34. The summed E-state index contributed by atoms with van der Waals surface area (Å²) in [5.74, 6) is 2.62. The third kappa shape index (κ3) is 3.50. The molecule has 1 unspecified atom stereocenters. The molecule has 7 heteroatoms. The molecular formula is C20H26N4O3. The number of aromatic nitrogens is 2. The molecule has 1 aromatic carbocycles. The first kappa shape index (κ1) is 17.8. The summed E-state index contributed by atoms with van der Waals surface area (Å²) in [6, 6.07) is 3.97. The second kappa shape index (κ2) is 7.58. The zero-order valence-corrected chi connectivity index (χ0v) is 15.9. The lowest BCUT2D eigenvalue weighted by atomic mass is 9.84. The zero-order valence-electron chi connectivity index (χ0n) is 15.9. The van der Waals surface area contributed by atoms with Crippen molar-refractivity contribution in [2.24, 2.45) is 5.92 Å². The number of carbonyl (C=O) groups is 1. The highest BCUT2D eigenvalue weighted by Crippen LogP contribution is 2.35. The molecule has 0 spiro atoms. The average Bonchev–Trinajstić information content (AvgIpc) is 2.65. The van der Waals surface area contributed by atoms with Crippen molar-refractivity contribution in [2.45, 2.75) is 38.1 Å². The monoisotopic (exact) mass is 370 g/mol. The van der Waals surface area contributed by atoms with E-state index in [0.717, 1.165) is 55.5 Å². The Morgan fingerprint density at radius 3 is 2.59 bits per heavy atom. The Kier molecular flexibility index (Phi) is 5.01. The fourth-order valence-electron chi connectivity index (χ4n) is 3.90. The lowest BCUT2D eigenvalue weighted by molar-refractivity contribution is -0.128. The molecule has 1 aromatic heterocycles. The number of benzene rings is 1. The highest BCUT2D eigenvalue weighted by atomic mass is 16.5. The van der Waals surface area contributed by atoms with Crippen LogP contribution in [0.4, 0.5) is 5.82 Å². The first-order valence-corrected chi connectivity index (χ1v) is 9.61. The van der Waals surface area contributed by atoms with Crippen molar-refractivity contribution in [3.8, 4) is 11.5 Å². The van der Waals surface area contributed by atoms with E-state index in [1.54, 1.807) is 20.5 Å².